The summed E-state index contributed by atoms with van der Waals surface area (Å²) < 4.78 is 25.6. The molecule has 2 aromatic carbocycles. The molecule has 0 spiro atoms. The third kappa shape index (κ3) is 6.20. The van der Waals surface area contributed by atoms with Crippen molar-refractivity contribution in [1.29, 1.82) is 0 Å². The van der Waals surface area contributed by atoms with Crippen molar-refractivity contribution in [3.63, 3.8) is 0 Å². The van der Waals surface area contributed by atoms with Crippen LogP contribution in [0, 0.1) is 5.82 Å². The maximum atomic E-state index is 14.5. The fraction of sp³-hybridized carbons (Fsp3) is 0.280. The normalized spacial score (nSPS) is 10.7. The first-order valence-electron chi connectivity index (χ1n) is 10.5. The minimum Gasteiger partial charge on any atom is -0.493 e. The maximum Gasteiger partial charge on any atom is 0.303 e. The highest BCUT2D eigenvalue weighted by atomic mass is 19.1. The molecule has 0 bridgehead atoms. The highest BCUT2D eigenvalue weighted by Crippen LogP contribution is 2.25. The van der Waals surface area contributed by atoms with Gasteiger partial charge in [0.15, 0.2) is 0 Å². The van der Waals surface area contributed by atoms with Crippen molar-refractivity contribution in [2.24, 2.45) is 0 Å². The van der Waals surface area contributed by atoms with Crippen LogP contribution in [0.25, 0.3) is 11.3 Å². The Labute approximate surface area is 186 Å². The van der Waals surface area contributed by atoms with E-state index in [1.807, 2.05) is 24.3 Å². The number of rotatable bonds is 11. The van der Waals surface area contributed by atoms with Crippen molar-refractivity contribution in [2.75, 3.05) is 13.7 Å². The third-order valence-corrected chi connectivity index (χ3v) is 5.02. The van der Waals surface area contributed by atoms with Gasteiger partial charge >= 0.3 is 5.97 Å². The number of benzene rings is 2. The summed E-state index contributed by atoms with van der Waals surface area (Å²) in [5.74, 6) is -0.544. The molecule has 0 radical (unpaired) electrons. The molecule has 0 saturated carbocycles. The molecule has 0 atom stereocenters. The van der Waals surface area contributed by atoms with Gasteiger partial charge in [0.2, 0.25) is 0 Å². The van der Waals surface area contributed by atoms with Crippen LogP contribution in [-0.4, -0.2) is 35.5 Å². The summed E-state index contributed by atoms with van der Waals surface area (Å²) in [6.07, 6.45) is 3.76. The first-order valence-corrected chi connectivity index (χ1v) is 10.5. The van der Waals surface area contributed by atoms with Crippen LogP contribution in [0.3, 0.4) is 0 Å². The standard InChI is InChI=1S/C25H26FNO5/c1-27(25(30)18-12-13-20(21(26)16-18)23-10-7-15-32-23)17-19-8-4-5-9-22(19)31-14-6-2-3-11-24(28)29/h4-5,7-10,12-13,15-16H,2-3,6,11,14,17H2,1H3,(H,28,29). The number of nitrogens with zero attached hydrogens (tertiary/aromatic N) is 1. The lowest BCUT2D eigenvalue weighted by atomic mass is 10.1. The van der Waals surface area contributed by atoms with Crippen LogP contribution in [0.2, 0.25) is 0 Å². The number of hydrogen-bond acceptors (Lipinski definition) is 4. The van der Waals surface area contributed by atoms with E-state index in [4.69, 9.17) is 14.3 Å². The summed E-state index contributed by atoms with van der Waals surface area (Å²) in [6.45, 7) is 0.767. The van der Waals surface area contributed by atoms with Crippen molar-refractivity contribution < 1.29 is 28.2 Å². The smallest absolute Gasteiger partial charge is 0.303 e. The fourth-order valence-corrected chi connectivity index (χ4v) is 3.34. The average molecular weight is 439 g/mol. The Balaban J connectivity index is 1.59. The number of ether oxygens (including phenoxy) is 1. The number of amides is 1. The Kier molecular flexibility index (Phi) is 8.02. The highest BCUT2D eigenvalue weighted by molar-refractivity contribution is 5.94. The number of carboxylic acids is 1. The summed E-state index contributed by atoms with van der Waals surface area (Å²) in [4.78, 5) is 24.9. The van der Waals surface area contributed by atoms with Gasteiger partial charge in [-0.3, -0.25) is 9.59 Å². The van der Waals surface area contributed by atoms with Crippen LogP contribution >= 0.6 is 0 Å². The lowest BCUT2D eigenvalue weighted by Crippen LogP contribution is -2.26. The van der Waals surface area contributed by atoms with Gasteiger partial charge in [0.1, 0.15) is 17.3 Å². The van der Waals surface area contributed by atoms with Gasteiger partial charge in [-0.05, 0) is 55.7 Å². The molecule has 1 amide bonds. The molecule has 6 nitrogen and oxygen atoms in total. The van der Waals surface area contributed by atoms with Crippen molar-refractivity contribution in [2.45, 2.75) is 32.2 Å². The fourth-order valence-electron chi connectivity index (χ4n) is 3.34. The van der Waals surface area contributed by atoms with E-state index in [0.29, 0.717) is 36.6 Å². The second-order valence-corrected chi connectivity index (χ2v) is 7.49. The number of unbranched alkanes of at least 4 members (excludes halogenated alkanes) is 2. The van der Waals surface area contributed by atoms with Crippen LogP contribution in [-0.2, 0) is 11.3 Å². The summed E-state index contributed by atoms with van der Waals surface area (Å²) in [6, 6.07) is 15.1. The second kappa shape index (κ2) is 11.1. The van der Waals surface area contributed by atoms with Crippen LogP contribution in [0.5, 0.6) is 5.75 Å². The molecule has 32 heavy (non-hydrogen) atoms. The lowest BCUT2D eigenvalue weighted by molar-refractivity contribution is -0.137. The van der Waals surface area contributed by atoms with Gasteiger partial charge in [-0.25, -0.2) is 4.39 Å². The predicted molar refractivity (Wildman–Crippen MR) is 118 cm³/mol. The second-order valence-electron chi connectivity index (χ2n) is 7.49. The van der Waals surface area contributed by atoms with E-state index in [0.717, 1.165) is 18.4 Å². The van der Waals surface area contributed by atoms with Crippen LogP contribution < -0.4 is 4.74 Å². The van der Waals surface area contributed by atoms with E-state index in [2.05, 4.69) is 0 Å². The molecule has 168 valence electrons. The molecule has 3 rings (SSSR count). The first-order chi connectivity index (χ1) is 15.5. The molecule has 1 N–H and O–H groups in total. The summed E-state index contributed by atoms with van der Waals surface area (Å²) in [7, 11) is 1.66. The number of halogens is 1. The molecule has 0 saturated heterocycles. The zero-order chi connectivity index (χ0) is 22.9. The number of carbonyl (C=O) groups is 2. The summed E-state index contributed by atoms with van der Waals surface area (Å²) in [5.41, 5.74) is 1.38. The van der Waals surface area contributed by atoms with Crippen LogP contribution in [0.1, 0.15) is 41.6 Å². The minimum absolute atomic E-state index is 0.159. The van der Waals surface area contributed by atoms with E-state index in [1.54, 1.807) is 25.2 Å². The van der Waals surface area contributed by atoms with Crippen molar-refractivity contribution >= 4 is 11.9 Å². The Morgan fingerprint density at radius 3 is 2.59 bits per heavy atom. The number of furan rings is 1. The third-order valence-electron chi connectivity index (χ3n) is 5.02. The van der Waals surface area contributed by atoms with Crippen LogP contribution in [0.15, 0.2) is 65.3 Å². The Bertz CT molecular complexity index is 1050. The van der Waals surface area contributed by atoms with Gasteiger partial charge in [0, 0.05) is 31.1 Å². The van der Waals surface area contributed by atoms with Crippen molar-refractivity contribution in [3.05, 3.63) is 77.8 Å². The number of para-hydroxylation sites is 1. The number of hydrogen-bond donors (Lipinski definition) is 1. The molecule has 0 aliphatic carbocycles. The molecule has 7 heteroatoms. The number of aliphatic carboxylic acids is 1. The van der Waals surface area contributed by atoms with Gasteiger partial charge in [-0.15, -0.1) is 0 Å². The van der Waals surface area contributed by atoms with E-state index >= 15 is 0 Å². The van der Waals surface area contributed by atoms with Crippen LogP contribution in [0.4, 0.5) is 4.39 Å². The average Bonchev–Trinajstić information content (AvgIpc) is 3.31. The summed E-state index contributed by atoms with van der Waals surface area (Å²) >= 11 is 0. The molecule has 0 fully saturated rings. The van der Waals surface area contributed by atoms with Gasteiger partial charge in [0.05, 0.1) is 18.4 Å². The zero-order valence-corrected chi connectivity index (χ0v) is 17.9. The van der Waals surface area contributed by atoms with E-state index < -0.39 is 11.8 Å². The molecule has 1 heterocycles. The van der Waals surface area contributed by atoms with Crippen molar-refractivity contribution in [3.8, 4) is 17.1 Å². The van der Waals surface area contributed by atoms with E-state index in [1.165, 1.54) is 23.3 Å². The lowest BCUT2D eigenvalue weighted by Gasteiger charge is -2.20. The Morgan fingerprint density at radius 1 is 1.06 bits per heavy atom. The SMILES string of the molecule is CN(Cc1ccccc1OCCCCCC(=O)O)C(=O)c1ccc(-c2ccco2)c(F)c1. The molecule has 0 unspecified atom stereocenters. The van der Waals surface area contributed by atoms with Gasteiger partial charge in [-0.2, -0.15) is 0 Å². The zero-order valence-electron chi connectivity index (χ0n) is 17.9. The largest absolute Gasteiger partial charge is 0.493 e. The topological polar surface area (TPSA) is 80.0 Å². The van der Waals surface area contributed by atoms with E-state index in [-0.39, 0.29) is 17.9 Å². The number of carboxylic acid groups (broad SMARTS) is 1. The molecular weight excluding hydrogens is 413 g/mol. The molecule has 0 aliphatic rings. The molecule has 1 aromatic heterocycles. The molecular formula is C25H26FNO5. The first kappa shape index (κ1) is 23.1. The minimum atomic E-state index is -0.792. The van der Waals surface area contributed by atoms with Gasteiger partial charge in [-0.1, -0.05) is 18.2 Å². The Morgan fingerprint density at radius 2 is 1.88 bits per heavy atom. The molecule has 3 aromatic rings. The summed E-state index contributed by atoms with van der Waals surface area (Å²) in [5, 5.41) is 8.68. The van der Waals surface area contributed by atoms with Gasteiger partial charge < -0.3 is 19.2 Å². The quantitative estimate of drug-likeness (QED) is 0.406. The van der Waals surface area contributed by atoms with Crippen molar-refractivity contribution in [1.82, 2.24) is 4.90 Å². The highest BCUT2D eigenvalue weighted by Gasteiger charge is 2.17. The predicted octanol–water partition coefficient (Wildman–Crippen LogP) is 5.38. The monoisotopic (exact) mass is 439 g/mol. The Hall–Kier alpha value is -3.61. The van der Waals surface area contributed by atoms with E-state index in [9.17, 15) is 14.0 Å². The molecule has 0 aliphatic heterocycles. The van der Waals surface area contributed by atoms with Gasteiger partial charge in [0.25, 0.3) is 5.91 Å². The number of carbonyl (C=O) groups excluding carboxylic acids is 1. The maximum absolute atomic E-state index is 14.5.